The van der Waals surface area contributed by atoms with E-state index in [1.54, 1.807) is 17.4 Å². The molecule has 7 heteroatoms. The van der Waals surface area contributed by atoms with Crippen LogP contribution in [0, 0.1) is 5.82 Å². The van der Waals surface area contributed by atoms with E-state index < -0.39 is 0 Å². The molecule has 0 aliphatic rings. The van der Waals surface area contributed by atoms with Crippen LogP contribution in [0.1, 0.15) is 16.1 Å². The maximum absolute atomic E-state index is 12.9. The van der Waals surface area contributed by atoms with Gasteiger partial charge >= 0.3 is 0 Å². The maximum atomic E-state index is 12.9. The molecular formula is C16H13FN4OS. The highest BCUT2D eigenvalue weighted by Crippen LogP contribution is 2.12. The third kappa shape index (κ3) is 4.10. The van der Waals surface area contributed by atoms with Crippen LogP contribution >= 0.6 is 11.3 Å². The number of nitrogens with one attached hydrogen (secondary N) is 2. The highest BCUT2D eigenvalue weighted by Gasteiger charge is 2.09. The van der Waals surface area contributed by atoms with Crippen molar-refractivity contribution in [1.82, 2.24) is 9.97 Å². The second-order valence-corrected chi connectivity index (χ2v) is 5.51. The van der Waals surface area contributed by atoms with Crippen LogP contribution in [0.3, 0.4) is 0 Å². The Labute approximate surface area is 136 Å². The zero-order chi connectivity index (χ0) is 16.1. The number of halogens is 1. The molecule has 3 rings (SSSR count). The Morgan fingerprint density at radius 3 is 2.74 bits per heavy atom. The van der Waals surface area contributed by atoms with E-state index in [1.807, 2.05) is 16.8 Å². The average molecular weight is 328 g/mol. The number of hydrogen-bond donors (Lipinski definition) is 2. The summed E-state index contributed by atoms with van der Waals surface area (Å²) in [7, 11) is 0. The van der Waals surface area contributed by atoms with Crippen molar-refractivity contribution in [2.45, 2.75) is 6.54 Å². The number of anilines is 2. The fourth-order valence-electron chi connectivity index (χ4n) is 1.89. The number of carbonyl (C=O) groups excluding carboxylic acids is 1. The molecule has 0 bridgehead atoms. The first-order chi connectivity index (χ1) is 11.2. The van der Waals surface area contributed by atoms with Gasteiger partial charge in [0, 0.05) is 18.3 Å². The van der Waals surface area contributed by atoms with E-state index in [1.165, 1.54) is 30.6 Å². The molecule has 23 heavy (non-hydrogen) atoms. The van der Waals surface area contributed by atoms with Crippen LogP contribution in [-0.4, -0.2) is 15.9 Å². The van der Waals surface area contributed by atoms with Gasteiger partial charge < -0.3 is 10.6 Å². The molecule has 0 saturated heterocycles. The lowest BCUT2D eigenvalue weighted by Crippen LogP contribution is -2.14. The average Bonchev–Trinajstić information content (AvgIpc) is 3.09. The number of hydrogen-bond acceptors (Lipinski definition) is 5. The Balaban J connectivity index is 1.66. The summed E-state index contributed by atoms with van der Waals surface area (Å²) in [5, 5.41) is 9.84. The Bertz CT molecular complexity index is 790. The van der Waals surface area contributed by atoms with Gasteiger partial charge in [-0.2, -0.15) is 11.3 Å². The van der Waals surface area contributed by atoms with Crippen molar-refractivity contribution in [2.75, 3.05) is 10.6 Å². The molecule has 0 aliphatic heterocycles. The van der Waals surface area contributed by atoms with Crippen molar-refractivity contribution in [1.29, 1.82) is 0 Å². The molecule has 0 fully saturated rings. The normalized spacial score (nSPS) is 10.3. The maximum Gasteiger partial charge on any atom is 0.274 e. The third-order valence-electron chi connectivity index (χ3n) is 3.06. The predicted molar refractivity (Wildman–Crippen MR) is 88.0 cm³/mol. The summed E-state index contributed by atoms with van der Waals surface area (Å²) in [5.74, 6) is -0.169. The van der Waals surface area contributed by atoms with Gasteiger partial charge in [0.25, 0.3) is 5.91 Å². The topological polar surface area (TPSA) is 66.9 Å². The van der Waals surface area contributed by atoms with Crippen LogP contribution < -0.4 is 10.6 Å². The van der Waals surface area contributed by atoms with Crippen LogP contribution in [0.25, 0.3) is 0 Å². The molecule has 2 N–H and O–H groups in total. The van der Waals surface area contributed by atoms with Gasteiger partial charge in [0.1, 0.15) is 23.7 Å². The minimum absolute atomic E-state index is 0.233. The first kappa shape index (κ1) is 15.1. The molecule has 116 valence electrons. The van der Waals surface area contributed by atoms with Crippen LogP contribution in [0.15, 0.2) is 53.5 Å². The van der Waals surface area contributed by atoms with Gasteiger partial charge in [-0.1, -0.05) is 0 Å². The van der Waals surface area contributed by atoms with Crippen LogP contribution in [0.4, 0.5) is 15.9 Å². The van der Waals surface area contributed by atoms with Crippen molar-refractivity contribution in [3.8, 4) is 0 Å². The summed E-state index contributed by atoms with van der Waals surface area (Å²) in [6, 6.07) is 9.13. The highest BCUT2D eigenvalue weighted by atomic mass is 32.1. The number of thiophene rings is 1. The largest absolute Gasteiger partial charge is 0.366 e. The molecule has 0 saturated carbocycles. The van der Waals surface area contributed by atoms with Crippen molar-refractivity contribution in [3.63, 3.8) is 0 Å². The molecule has 3 aromatic rings. The van der Waals surface area contributed by atoms with E-state index in [0.717, 1.165) is 5.56 Å². The number of amides is 1. The SMILES string of the molecule is O=C(Nc1ccc(F)cc1)c1cc(NCc2ccsc2)ncn1. The summed E-state index contributed by atoms with van der Waals surface area (Å²) >= 11 is 1.62. The Kier molecular flexibility index (Phi) is 4.58. The smallest absolute Gasteiger partial charge is 0.274 e. The molecular weight excluding hydrogens is 315 g/mol. The van der Waals surface area contributed by atoms with E-state index in [0.29, 0.717) is 18.1 Å². The second kappa shape index (κ2) is 6.97. The summed E-state index contributed by atoms with van der Waals surface area (Å²) in [4.78, 5) is 20.2. The Hall–Kier alpha value is -2.80. The van der Waals surface area contributed by atoms with E-state index in [-0.39, 0.29) is 17.4 Å². The summed E-state index contributed by atoms with van der Waals surface area (Å²) in [6.45, 7) is 0.625. The van der Waals surface area contributed by atoms with Crippen molar-refractivity contribution in [2.24, 2.45) is 0 Å². The lowest BCUT2D eigenvalue weighted by atomic mass is 10.3. The Morgan fingerprint density at radius 2 is 2.00 bits per heavy atom. The molecule has 2 aromatic heterocycles. The monoisotopic (exact) mass is 328 g/mol. The first-order valence-corrected chi connectivity index (χ1v) is 7.79. The standard InChI is InChI=1S/C16H13FN4OS/c17-12-1-3-13(4-2-12)21-16(22)14-7-15(20-10-19-14)18-8-11-5-6-23-9-11/h1-7,9-10H,8H2,(H,21,22)(H,18,19,20). The predicted octanol–water partition coefficient (Wildman–Crippen LogP) is 3.54. The minimum atomic E-state index is -0.377. The molecule has 1 aromatic carbocycles. The van der Waals surface area contributed by atoms with Crippen LogP contribution in [0.2, 0.25) is 0 Å². The van der Waals surface area contributed by atoms with Crippen molar-refractivity contribution in [3.05, 3.63) is 70.6 Å². The fourth-order valence-corrected chi connectivity index (χ4v) is 2.56. The van der Waals surface area contributed by atoms with Gasteiger partial charge in [-0.05, 0) is 46.7 Å². The minimum Gasteiger partial charge on any atom is -0.366 e. The van der Waals surface area contributed by atoms with Gasteiger partial charge in [-0.3, -0.25) is 4.79 Å². The second-order valence-electron chi connectivity index (χ2n) is 4.73. The highest BCUT2D eigenvalue weighted by molar-refractivity contribution is 7.07. The van der Waals surface area contributed by atoms with Crippen LogP contribution in [0.5, 0.6) is 0 Å². The van der Waals surface area contributed by atoms with Gasteiger partial charge in [0.05, 0.1) is 0 Å². The van der Waals surface area contributed by atoms with Crippen molar-refractivity contribution >= 4 is 28.7 Å². The number of aromatic nitrogens is 2. The number of carbonyl (C=O) groups is 1. The number of rotatable bonds is 5. The fraction of sp³-hybridized carbons (Fsp3) is 0.0625. The molecule has 2 heterocycles. The molecule has 0 spiro atoms. The number of benzene rings is 1. The lowest BCUT2D eigenvalue weighted by Gasteiger charge is -2.07. The van der Waals surface area contributed by atoms with Gasteiger partial charge in [-0.15, -0.1) is 0 Å². The van der Waals surface area contributed by atoms with E-state index in [4.69, 9.17) is 0 Å². The van der Waals surface area contributed by atoms with E-state index in [2.05, 4.69) is 20.6 Å². The van der Waals surface area contributed by atoms with Gasteiger partial charge in [-0.25, -0.2) is 14.4 Å². The third-order valence-corrected chi connectivity index (χ3v) is 3.79. The zero-order valence-electron chi connectivity index (χ0n) is 12.0. The van der Waals surface area contributed by atoms with Gasteiger partial charge in [0.15, 0.2) is 0 Å². The van der Waals surface area contributed by atoms with E-state index >= 15 is 0 Å². The lowest BCUT2D eigenvalue weighted by molar-refractivity contribution is 0.102. The number of nitrogens with zero attached hydrogens (tertiary/aromatic N) is 2. The Morgan fingerprint density at radius 1 is 1.17 bits per heavy atom. The van der Waals surface area contributed by atoms with Crippen molar-refractivity contribution < 1.29 is 9.18 Å². The summed E-state index contributed by atoms with van der Waals surface area (Å²) in [5.41, 5.74) is 1.88. The first-order valence-electron chi connectivity index (χ1n) is 6.84. The summed E-state index contributed by atoms with van der Waals surface area (Å²) < 4.78 is 12.9. The molecule has 0 atom stereocenters. The van der Waals surface area contributed by atoms with E-state index in [9.17, 15) is 9.18 Å². The molecule has 1 amide bonds. The molecule has 0 aliphatic carbocycles. The molecule has 0 unspecified atom stereocenters. The zero-order valence-corrected chi connectivity index (χ0v) is 12.8. The van der Waals surface area contributed by atoms with Gasteiger partial charge in [0.2, 0.25) is 0 Å². The molecule has 0 radical (unpaired) electrons. The summed E-state index contributed by atoms with van der Waals surface area (Å²) in [6.07, 6.45) is 1.33. The van der Waals surface area contributed by atoms with Crippen LogP contribution in [-0.2, 0) is 6.54 Å². The molecule has 5 nitrogen and oxygen atoms in total. The quantitative estimate of drug-likeness (QED) is 0.752.